The van der Waals surface area contributed by atoms with Gasteiger partial charge in [0.15, 0.2) is 0 Å². The van der Waals surface area contributed by atoms with E-state index in [9.17, 15) is 19.2 Å². The summed E-state index contributed by atoms with van der Waals surface area (Å²) in [6, 6.07) is 13.8. The third kappa shape index (κ3) is 5.43. The number of likely N-dealkylation sites (N-methyl/N-ethyl adjacent to an activating group) is 2. The lowest BCUT2D eigenvalue weighted by molar-refractivity contribution is -0.133. The summed E-state index contributed by atoms with van der Waals surface area (Å²) in [4.78, 5) is 53.1. The Morgan fingerprint density at radius 3 is 1.50 bits per heavy atom. The zero-order chi connectivity index (χ0) is 25.7. The smallest absolute Gasteiger partial charge is 0.277 e. The molecule has 0 unspecified atom stereocenters. The van der Waals surface area contributed by atoms with Crippen molar-refractivity contribution < 1.29 is 9.59 Å². The zero-order valence-electron chi connectivity index (χ0n) is 20.1. The lowest BCUT2D eigenvalue weighted by Gasteiger charge is -2.22. The number of fused-ring (bicyclic) bond motifs is 2. The van der Waals surface area contributed by atoms with Gasteiger partial charge >= 0.3 is 0 Å². The molecule has 0 aliphatic heterocycles. The molecule has 0 fully saturated rings. The van der Waals surface area contributed by atoms with Crippen molar-refractivity contribution >= 4 is 33.6 Å². The van der Waals surface area contributed by atoms with Gasteiger partial charge in [0, 0.05) is 40.0 Å². The van der Waals surface area contributed by atoms with Crippen molar-refractivity contribution in [2.75, 3.05) is 27.2 Å². The van der Waals surface area contributed by atoms with Crippen LogP contribution in [0, 0.1) is 0 Å². The van der Waals surface area contributed by atoms with Crippen molar-refractivity contribution in [2.45, 2.75) is 25.9 Å². The molecule has 2 amide bonds. The Bertz CT molecular complexity index is 1410. The molecular weight excluding hydrogens is 464 g/mol. The average Bonchev–Trinajstić information content (AvgIpc) is 2.90. The van der Waals surface area contributed by atoms with Crippen LogP contribution in [0.15, 0.2) is 58.1 Å². The van der Waals surface area contributed by atoms with E-state index in [1.54, 1.807) is 62.6 Å². The predicted molar refractivity (Wildman–Crippen MR) is 132 cm³/mol. The second kappa shape index (κ2) is 10.8. The maximum Gasteiger partial charge on any atom is 0.277 e. The van der Waals surface area contributed by atoms with Gasteiger partial charge in [-0.3, -0.25) is 19.2 Å². The summed E-state index contributed by atoms with van der Waals surface area (Å²) < 4.78 is 2.36. The van der Waals surface area contributed by atoms with E-state index in [-0.39, 0.29) is 48.9 Å². The summed E-state index contributed by atoms with van der Waals surface area (Å²) in [7, 11) is 3.28. The fraction of sp³-hybridized carbons (Fsp3) is 0.333. The summed E-state index contributed by atoms with van der Waals surface area (Å²) in [5.74, 6) is -0.369. The molecule has 4 aromatic rings. The van der Waals surface area contributed by atoms with Crippen molar-refractivity contribution in [3.05, 3.63) is 69.2 Å². The highest BCUT2D eigenvalue weighted by atomic mass is 16.2. The van der Waals surface area contributed by atoms with Gasteiger partial charge in [-0.2, -0.15) is 0 Å². The molecule has 2 aromatic heterocycles. The fourth-order valence-corrected chi connectivity index (χ4v) is 3.67. The Kier molecular flexibility index (Phi) is 7.42. The van der Waals surface area contributed by atoms with Gasteiger partial charge < -0.3 is 9.80 Å². The van der Waals surface area contributed by atoms with E-state index < -0.39 is 0 Å². The van der Waals surface area contributed by atoms with E-state index in [1.807, 2.05) is 0 Å². The molecule has 0 aliphatic rings. The van der Waals surface area contributed by atoms with Crippen molar-refractivity contribution in [3.8, 4) is 0 Å². The van der Waals surface area contributed by atoms with Crippen molar-refractivity contribution in [1.29, 1.82) is 0 Å². The third-order valence-electron chi connectivity index (χ3n) is 5.96. The van der Waals surface area contributed by atoms with Gasteiger partial charge in [0.25, 0.3) is 11.1 Å². The molecule has 186 valence electrons. The Labute approximate surface area is 205 Å². The van der Waals surface area contributed by atoms with Gasteiger partial charge in [-0.05, 0) is 24.3 Å². The number of carbonyl (C=O) groups is 2. The molecule has 36 heavy (non-hydrogen) atoms. The van der Waals surface area contributed by atoms with Gasteiger partial charge in [-0.25, -0.2) is 9.36 Å². The van der Waals surface area contributed by atoms with Crippen LogP contribution in [0.2, 0.25) is 0 Å². The van der Waals surface area contributed by atoms with Crippen LogP contribution in [0.4, 0.5) is 0 Å². The van der Waals surface area contributed by atoms with E-state index >= 15 is 0 Å². The fourth-order valence-electron chi connectivity index (χ4n) is 3.67. The maximum atomic E-state index is 12.5. The number of benzene rings is 2. The van der Waals surface area contributed by atoms with E-state index in [4.69, 9.17) is 0 Å². The van der Waals surface area contributed by atoms with Crippen LogP contribution in [-0.4, -0.2) is 78.8 Å². The molecule has 12 nitrogen and oxygen atoms in total. The molecule has 0 saturated carbocycles. The SMILES string of the molecule is CN(CCN(C)C(=O)CCn1nnc2ccccc2c1=O)C(=O)CCn1nnc2ccccc2c1=O. The summed E-state index contributed by atoms with van der Waals surface area (Å²) in [6.07, 6.45) is 0.148. The van der Waals surface area contributed by atoms with Crippen molar-refractivity contribution in [1.82, 2.24) is 39.8 Å². The van der Waals surface area contributed by atoms with Gasteiger partial charge in [0.2, 0.25) is 11.8 Å². The first-order chi connectivity index (χ1) is 17.3. The van der Waals surface area contributed by atoms with Gasteiger partial charge in [-0.1, -0.05) is 34.7 Å². The first-order valence-corrected chi connectivity index (χ1v) is 11.5. The number of nitrogens with zero attached hydrogens (tertiary/aromatic N) is 8. The largest absolute Gasteiger partial charge is 0.344 e. The highest BCUT2D eigenvalue weighted by Crippen LogP contribution is 2.05. The summed E-state index contributed by atoms with van der Waals surface area (Å²) in [5, 5.41) is 16.7. The normalized spacial score (nSPS) is 11.1. The quantitative estimate of drug-likeness (QED) is 0.327. The maximum absolute atomic E-state index is 12.5. The second-order valence-electron chi connectivity index (χ2n) is 8.40. The molecule has 4 rings (SSSR count). The number of carbonyl (C=O) groups excluding carboxylic acids is 2. The number of amides is 2. The van der Waals surface area contributed by atoms with Crippen LogP contribution >= 0.6 is 0 Å². The summed E-state index contributed by atoms with van der Waals surface area (Å²) in [5.41, 5.74) is 0.424. The molecule has 0 saturated heterocycles. The number of aryl methyl sites for hydroxylation is 2. The summed E-state index contributed by atoms with van der Waals surface area (Å²) in [6.45, 7) is 0.844. The standard InChI is InChI=1S/C24H26N8O4/c1-29(21(33)11-13-31-23(35)17-7-3-5-9-19(17)25-27-31)15-16-30(2)22(34)12-14-32-24(36)18-8-4-6-10-20(18)26-28-32/h3-10H,11-16H2,1-2H3. The topological polar surface area (TPSA) is 136 Å². The van der Waals surface area contributed by atoms with E-state index in [0.29, 0.717) is 34.9 Å². The van der Waals surface area contributed by atoms with Crippen LogP contribution in [0.25, 0.3) is 21.8 Å². The van der Waals surface area contributed by atoms with Crippen LogP contribution < -0.4 is 11.1 Å². The van der Waals surface area contributed by atoms with E-state index in [0.717, 1.165) is 0 Å². The molecule has 0 bridgehead atoms. The Balaban J connectivity index is 1.25. The first-order valence-electron chi connectivity index (χ1n) is 11.5. The lowest BCUT2D eigenvalue weighted by atomic mass is 10.2. The van der Waals surface area contributed by atoms with Crippen LogP contribution in [0.3, 0.4) is 0 Å². The Morgan fingerprint density at radius 2 is 1.08 bits per heavy atom. The molecule has 0 atom stereocenters. The number of aromatic nitrogens is 6. The molecule has 12 heteroatoms. The third-order valence-corrected chi connectivity index (χ3v) is 5.96. The van der Waals surface area contributed by atoms with Crippen molar-refractivity contribution in [2.24, 2.45) is 0 Å². The molecule has 2 heterocycles. The van der Waals surface area contributed by atoms with Crippen LogP contribution in [0.1, 0.15) is 12.8 Å². The van der Waals surface area contributed by atoms with Gasteiger partial charge in [0.1, 0.15) is 11.0 Å². The minimum atomic E-state index is -0.295. The number of hydrogen-bond donors (Lipinski definition) is 0. The zero-order valence-corrected chi connectivity index (χ0v) is 20.1. The van der Waals surface area contributed by atoms with Crippen LogP contribution in [-0.2, 0) is 22.7 Å². The van der Waals surface area contributed by atoms with Crippen LogP contribution in [0.5, 0.6) is 0 Å². The van der Waals surface area contributed by atoms with E-state index in [2.05, 4.69) is 20.6 Å². The monoisotopic (exact) mass is 490 g/mol. The van der Waals surface area contributed by atoms with Crippen molar-refractivity contribution in [3.63, 3.8) is 0 Å². The Morgan fingerprint density at radius 1 is 0.694 bits per heavy atom. The molecule has 0 N–H and O–H groups in total. The highest BCUT2D eigenvalue weighted by Gasteiger charge is 2.15. The Hall–Kier alpha value is -4.48. The first kappa shape index (κ1) is 24.6. The minimum absolute atomic E-state index is 0.0740. The molecule has 0 spiro atoms. The second-order valence-corrected chi connectivity index (χ2v) is 8.40. The van der Waals surface area contributed by atoms with Gasteiger partial charge in [-0.15, -0.1) is 10.2 Å². The highest BCUT2D eigenvalue weighted by molar-refractivity contribution is 5.78. The molecule has 0 radical (unpaired) electrons. The minimum Gasteiger partial charge on any atom is -0.344 e. The molecular formula is C24H26N8O4. The van der Waals surface area contributed by atoms with Gasteiger partial charge in [0.05, 0.1) is 23.9 Å². The molecule has 0 aliphatic carbocycles. The number of rotatable bonds is 9. The number of hydrogen-bond acceptors (Lipinski definition) is 8. The molecule has 2 aromatic carbocycles. The average molecular weight is 491 g/mol. The lowest BCUT2D eigenvalue weighted by Crippen LogP contribution is -2.38. The summed E-state index contributed by atoms with van der Waals surface area (Å²) >= 11 is 0. The predicted octanol–water partition coefficient (Wildman–Crippen LogP) is 0.294. The van der Waals surface area contributed by atoms with E-state index in [1.165, 1.54) is 19.2 Å².